The maximum atomic E-state index is 15.8. The van der Waals surface area contributed by atoms with Gasteiger partial charge in [-0.1, -0.05) is 35.9 Å². The molecule has 47 heavy (non-hydrogen) atoms. The van der Waals surface area contributed by atoms with E-state index >= 15 is 8.78 Å². The van der Waals surface area contributed by atoms with E-state index < -0.39 is 33.5 Å². The predicted octanol–water partition coefficient (Wildman–Crippen LogP) is 6.66. The van der Waals surface area contributed by atoms with Crippen molar-refractivity contribution in [3.63, 3.8) is 0 Å². The number of halogens is 3. The molecule has 0 unspecified atom stereocenters. The first-order valence-corrected chi connectivity index (χ1v) is 17.0. The number of nitrogens with zero attached hydrogens (tertiary/aromatic N) is 1. The minimum absolute atomic E-state index is 0.00799. The Morgan fingerprint density at radius 3 is 2.19 bits per heavy atom. The highest BCUT2D eigenvalue weighted by Crippen LogP contribution is 2.43. The van der Waals surface area contributed by atoms with E-state index in [0.717, 1.165) is 34.2 Å². The van der Waals surface area contributed by atoms with Crippen LogP contribution in [0, 0.1) is 18.6 Å². The van der Waals surface area contributed by atoms with Gasteiger partial charge in [0.05, 0.1) is 44.0 Å². The number of benzene rings is 3. The zero-order valence-electron chi connectivity index (χ0n) is 27.0. The molecule has 2 atom stereocenters. The number of alkyl halides is 1. The normalized spacial score (nSPS) is 17.3. The lowest BCUT2D eigenvalue weighted by Gasteiger charge is -2.43. The number of fused-ring (bicyclic) bond motifs is 3. The van der Waals surface area contributed by atoms with E-state index in [-0.39, 0.29) is 68.4 Å². The van der Waals surface area contributed by atoms with Gasteiger partial charge < -0.3 is 19.2 Å². The molecule has 0 radical (unpaired) electrons. The van der Waals surface area contributed by atoms with Crippen molar-refractivity contribution >= 4 is 21.0 Å². The molecule has 5 rings (SSSR count). The Hall–Kier alpha value is -3.42. The number of ether oxygens (including phenoxy) is 3. The Morgan fingerprint density at radius 2 is 1.53 bits per heavy atom. The number of hydrogen-bond donors (Lipinski definition) is 1. The van der Waals surface area contributed by atoms with Gasteiger partial charge in [-0.3, -0.25) is 9.08 Å². The summed E-state index contributed by atoms with van der Waals surface area (Å²) in [4.78, 5) is 5.27. The van der Waals surface area contributed by atoms with Crippen LogP contribution in [0.2, 0.25) is 0 Å². The molecule has 1 aliphatic rings. The van der Waals surface area contributed by atoms with Gasteiger partial charge in [-0.2, -0.15) is 8.42 Å². The molecule has 1 N–H and O–H groups in total. The van der Waals surface area contributed by atoms with Crippen molar-refractivity contribution < 1.29 is 40.0 Å². The van der Waals surface area contributed by atoms with E-state index in [1.165, 1.54) is 26.0 Å². The molecule has 1 aromatic heterocycles. The number of aromatic amines is 1. The fraction of sp³-hybridized carbons (Fsp3) is 0.429. The highest BCUT2D eigenvalue weighted by atomic mass is 32.2. The van der Waals surface area contributed by atoms with Crippen LogP contribution in [-0.4, -0.2) is 76.2 Å². The predicted molar refractivity (Wildman–Crippen MR) is 173 cm³/mol. The van der Waals surface area contributed by atoms with Gasteiger partial charge in [0.2, 0.25) is 0 Å². The zero-order chi connectivity index (χ0) is 33.8. The Kier molecular flexibility index (Phi) is 11.0. The largest absolute Gasteiger partial charge is 0.491 e. The van der Waals surface area contributed by atoms with E-state index in [9.17, 15) is 12.8 Å². The molecule has 0 saturated carbocycles. The van der Waals surface area contributed by atoms with Crippen LogP contribution in [0.15, 0.2) is 65.6 Å². The minimum atomic E-state index is -3.86. The van der Waals surface area contributed by atoms with Crippen molar-refractivity contribution in [2.24, 2.45) is 0 Å². The number of H-pyrrole nitrogens is 1. The van der Waals surface area contributed by atoms with Gasteiger partial charge in [0.25, 0.3) is 10.1 Å². The number of rotatable bonds is 15. The van der Waals surface area contributed by atoms with Crippen molar-refractivity contribution in [3.05, 3.63) is 94.7 Å². The molecule has 12 heteroatoms. The fourth-order valence-electron chi connectivity index (χ4n) is 5.92. The second kappa shape index (κ2) is 14.8. The van der Waals surface area contributed by atoms with E-state index in [0.29, 0.717) is 12.1 Å². The topological polar surface area (TPSA) is 90.1 Å². The van der Waals surface area contributed by atoms with E-state index in [2.05, 4.69) is 4.98 Å². The maximum absolute atomic E-state index is 15.8. The first-order chi connectivity index (χ1) is 22.3. The molecule has 254 valence electrons. The molecule has 0 amide bonds. The summed E-state index contributed by atoms with van der Waals surface area (Å²) in [7, 11) is -3.86. The quantitative estimate of drug-likeness (QED) is 0.112. The van der Waals surface area contributed by atoms with Crippen LogP contribution in [-0.2, 0) is 30.2 Å². The van der Waals surface area contributed by atoms with E-state index in [4.69, 9.17) is 18.4 Å². The lowest BCUT2D eigenvalue weighted by molar-refractivity contribution is 0.0279. The second-order valence-corrected chi connectivity index (χ2v) is 14.0. The molecule has 0 bridgehead atoms. The molecule has 3 aromatic carbocycles. The Labute approximate surface area is 273 Å². The smallest absolute Gasteiger partial charge is 0.297 e. The summed E-state index contributed by atoms with van der Waals surface area (Å²) in [6.45, 7) is 7.19. The second-order valence-electron chi connectivity index (χ2n) is 12.4. The van der Waals surface area contributed by atoms with Crippen LogP contribution in [0.3, 0.4) is 0 Å². The first-order valence-electron chi connectivity index (χ1n) is 15.6. The molecule has 8 nitrogen and oxygen atoms in total. The summed E-state index contributed by atoms with van der Waals surface area (Å²) in [5, 5.41) is 0.990. The van der Waals surface area contributed by atoms with Crippen LogP contribution in [0.5, 0.6) is 5.75 Å². The summed E-state index contributed by atoms with van der Waals surface area (Å²) < 4.78 is 92.3. The third kappa shape index (κ3) is 8.55. The van der Waals surface area contributed by atoms with Crippen LogP contribution in [0.1, 0.15) is 49.2 Å². The summed E-state index contributed by atoms with van der Waals surface area (Å²) in [5.41, 5.74) is 1.69. The van der Waals surface area contributed by atoms with Crippen LogP contribution >= 0.6 is 0 Å². The lowest BCUT2D eigenvalue weighted by atomic mass is 9.87. The minimum Gasteiger partial charge on any atom is -0.491 e. The average Bonchev–Trinajstić information content (AvgIpc) is 3.36. The number of nitrogens with one attached hydrogen (secondary N) is 1. The van der Waals surface area contributed by atoms with Gasteiger partial charge in [-0.15, -0.1) is 0 Å². The van der Waals surface area contributed by atoms with E-state index in [1.54, 1.807) is 12.1 Å². The van der Waals surface area contributed by atoms with Crippen molar-refractivity contribution in [3.8, 4) is 5.75 Å². The van der Waals surface area contributed by atoms with Gasteiger partial charge in [0.1, 0.15) is 29.7 Å². The van der Waals surface area contributed by atoms with Gasteiger partial charge in [-0.05, 0) is 57.9 Å². The van der Waals surface area contributed by atoms with Crippen LogP contribution < -0.4 is 4.74 Å². The molecular formula is C35H41F3N2O6S. The molecule has 1 aliphatic heterocycles. The van der Waals surface area contributed by atoms with Gasteiger partial charge in [0.15, 0.2) is 0 Å². The molecule has 4 aromatic rings. The summed E-state index contributed by atoms with van der Waals surface area (Å²) in [5.74, 6) is -1.56. The molecule has 0 saturated heterocycles. The SMILES string of the molecule is Cc1ccc(S(=O)(=O)OCCOCCOCCOc2cc(F)c([C@@H]3c4[nH]c5ccccc5c4C[C@@H](C)N3CC(C)(C)F)c(F)c2)cc1. The van der Waals surface area contributed by atoms with Crippen molar-refractivity contribution in [2.45, 2.75) is 56.8 Å². The molecule has 0 spiro atoms. The monoisotopic (exact) mass is 674 g/mol. The number of aromatic nitrogens is 1. The van der Waals surface area contributed by atoms with Gasteiger partial charge in [0, 0.05) is 46.9 Å². The Bertz CT molecular complexity index is 1750. The van der Waals surface area contributed by atoms with Crippen LogP contribution in [0.4, 0.5) is 13.2 Å². The highest BCUT2D eigenvalue weighted by Gasteiger charge is 2.41. The third-order valence-corrected chi connectivity index (χ3v) is 9.37. The fourth-order valence-corrected chi connectivity index (χ4v) is 6.81. The lowest BCUT2D eigenvalue weighted by Crippen LogP contribution is -2.48. The van der Waals surface area contributed by atoms with E-state index in [1.807, 2.05) is 43.0 Å². The van der Waals surface area contributed by atoms with Crippen molar-refractivity contribution in [2.75, 3.05) is 46.2 Å². The number of hydrogen-bond acceptors (Lipinski definition) is 7. The maximum Gasteiger partial charge on any atom is 0.297 e. The molecule has 2 heterocycles. The van der Waals surface area contributed by atoms with Crippen molar-refractivity contribution in [1.29, 1.82) is 0 Å². The highest BCUT2D eigenvalue weighted by molar-refractivity contribution is 7.86. The number of para-hydroxylation sites is 1. The average molecular weight is 675 g/mol. The zero-order valence-corrected chi connectivity index (χ0v) is 27.8. The molecular weight excluding hydrogens is 633 g/mol. The summed E-state index contributed by atoms with van der Waals surface area (Å²) in [6.07, 6.45) is 0.616. The van der Waals surface area contributed by atoms with Gasteiger partial charge >= 0.3 is 0 Å². The van der Waals surface area contributed by atoms with Gasteiger partial charge in [-0.25, -0.2) is 13.2 Å². The van der Waals surface area contributed by atoms with Crippen molar-refractivity contribution in [1.82, 2.24) is 9.88 Å². The standard InChI is InChI=1S/C35H41F3N2O6S/c1-23-9-11-26(12-10-23)47(41,42)46-18-16-44-14-13-43-15-17-45-25-20-29(36)32(30(37)21-25)34-33-28(27-7-5-6-8-31(27)39-33)19-24(2)40(34)22-35(3,4)38/h5-12,20-21,24,34,39H,13-19,22H2,1-4H3/t24-,34-/m1/s1. The molecule has 0 aliphatic carbocycles. The third-order valence-electron chi connectivity index (χ3n) is 8.05. The Morgan fingerprint density at radius 1 is 0.915 bits per heavy atom. The van der Waals surface area contributed by atoms with Crippen LogP contribution in [0.25, 0.3) is 10.9 Å². The molecule has 0 fully saturated rings. The summed E-state index contributed by atoms with van der Waals surface area (Å²) >= 11 is 0. The summed E-state index contributed by atoms with van der Waals surface area (Å²) in [6, 6.07) is 15.3. The number of aryl methyl sites for hydroxylation is 1. The first kappa shape index (κ1) is 34.9. The Balaban J connectivity index is 1.14.